The van der Waals surface area contributed by atoms with Crippen molar-refractivity contribution in [2.45, 2.75) is 88.4 Å². The number of nitrogens with zero attached hydrogens (tertiary/aromatic N) is 4. The van der Waals surface area contributed by atoms with E-state index in [2.05, 4.69) is 10.2 Å². The van der Waals surface area contributed by atoms with Crippen LogP contribution in [-0.4, -0.2) is 60.0 Å². The maximum Gasteiger partial charge on any atom is 2.00 e. The molecule has 0 aliphatic heterocycles. The average Bonchev–Trinajstić information content (AvgIpc) is 3.20. The van der Waals surface area contributed by atoms with Gasteiger partial charge < -0.3 is 39.9 Å². The first-order valence-electron chi connectivity index (χ1n) is 11.5. The zero-order valence-corrected chi connectivity index (χ0v) is 33.6. The molecule has 0 amide bonds. The molecule has 2 aromatic rings. The molecule has 0 fully saturated rings. The molecule has 1 atom stereocenters. The molecule has 13 nitrogen and oxygen atoms in total. The fraction of sp³-hybridized carbons (Fsp3) is 0.600. The van der Waals surface area contributed by atoms with Crippen molar-refractivity contribution in [2.75, 3.05) is 5.34 Å². The van der Waals surface area contributed by atoms with Gasteiger partial charge in [0, 0.05) is 36.2 Å². The maximum atomic E-state index is 13.1. The van der Waals surface area contributed by atoms with E-state index in [1.807, 2.05) is 70.0 Å². The van der Waals surface area contributed by atoms with Crippen LogP contribution in [0.25, 0.3) is 0 Å². The van der Waals surface area contributed by atoms with Crippen LogP contribution in [0.5, 0.6) is 0 Å². The molecule has 0 saturated carbocycles. The Morgan fingerprint density at radius 3 is 1.10 bits per heavy atom. The Hall–Kier alpha value is -1.91. The van der Waals surface area contributed by atoms with Gasteiger partial charge in [-0.2, -0.15) is 10.2 Å². The third-order valence-corrected chi connectivity index (χ3v) is 3.71. The summed E-state index contributed by atoms with van der Waals surface area (Å²) in [4.78, 5) is 35.7. The number of carboxylic acids is 4. The number of aliphatic carboxylic acids is 4. The predicted octanol–water partition coefficient (Wildman–Crippen LogP) is -0.0888. The van der Waals surface area contributed by atoms with E-state index in [1.165, 1.54) is 0 Å². The first kappa shape index (κ1) is 52.7. The summed E-state index contributed by atoms with van der Waals surface area (Å²) in [6.45, 7) is 17.7. The van der Waals surface area contributed by atoms with E-state index < -0.39 is 36.1 Å². The van der Waals surface area contributed by atoms with Crippen LogP contribution in [0.1, 0.15) is 77.4 Å². The van der Waals surface area contributed by atoms with Gasteiger partial charge >= 0.3 is 39.0 Å². The van der Waals surface area contributed by atoms with E-state index in [-0.39, 0.29) is 49.7 Å². The van der Waals surface area contributed by atoms with Crippen LogP contribution in [0, 0.1) is 33.1 Å². The van der Waals surface area contributed by atoms with Gasteiger partial charge in [0.15, 0.2) is 0 Å². The van der Waals surface area contributed by atoms with Crippen molar-refractivity contribution in [3.8, 4) is 0 Å². The van der Waals surface area contributed by atoms with Gasteiger partial charge in [-0.15, -0.1) is 23.2 Å². The monoisotopic (exact) mass is 738 g/mol. The fourth-order valence-electron chi connectivity index (χ4n) is 2.64. The van der Waals surface area contributed by atoms with Crippen molar-refractivity contribution in [2.24, 2.45) is 5.41 Å². The quantitative estimate of drug-likeness (QED) is 0.324. The molecule has 0 aliphatic carbocycles. The third kappa shape index (κ3) is 32.6. The first-order chi connectivity index (χ1) is 18.0. The van der Waals surface area contributed by atoms with E-state index in [4.69, 9.17) is 62.8 Å². The van der Waals surface area contributed by atoms with E-state index >= 15 is 0 Å². The number of halogens is 2. The Morgan fingerprint density at radius 2 is 0.976 bits per heavy atom. The Bertz CT molecular complexity index is 933. The number of hydrogen-bond donors (Lipinski definition) is 1. The van der Waals surface area contributed by atoms with Gasteiger partial charge in [0.25, 0.3) is 5.97 Å². The molecule has 0 saturated heterocycles. The van der Waals surface area contributed by atoms with Crippen molar-refractivity contribution in [1.29, 1.82) is 0 Å². The molecule has 2 heterocycles. The Labute approximate surface area is 283 Å². The molecule has 2 aromatic heterocycles. The summed E-state index contributed by atoms with van der Waals surface area (Å²) in [5, 5.41) is 56.4. The summed E-state index contributed by atoms with van der Waals surface area (Å²) in [6, 6.07) is 3.99. The van der Waals surface area contributed by atoms with Crippen LogP contribution in [0.3, 0.4) is 0 Å². The molecule has 1 N–H and O–H groups in total. The minimum Gasteiger partial charge on any atom is -0.849 e. The number of carbonyl (C=O) groups is 4. The van der Waals surface area contributed by atoms with Gasteiger partial charge in [0.05, 0.1) is 16.7 Å². The molecular weight excluding hydrogens is 702 g/mol. The number of rotatable bonds is 3. The van der Waals surface area contributed by atoms with E-state index in [1.54, 1.807) is 0 Å². The number of carboxylic acid groups (broad SMARTS) is 4. The molecule has 0 aliphatic rings. The van der Waals surface area contributed by atoms with Crippen LogP contribution < -0.4 is 20.4 Å². The summed E-state index contributed by atoms with van der Waals surface area (Å²) in [5.74, 6) is -4.08. The predicted molar refractivity (Wildman–Crippen MR) is 143 cm³/mol. The zero-order valence-electron chi connectivity index (χ0n) is 26.2. The summed E-state index contributed by atoms with van der Waals surface area (Å²) in [7, 11) is 0. The SMILES string of the molecule is CC(=O)O.CC(=O)[O-].CC(=O)[O-].CC(=O)[O-].Cc1cc(C)n(C([C@@H]([O-])C(C)(C)C)n2nc(C)cc2C)n1.ClCCl.[Zn+2].[Zn+2]. The molecule has 42 heavy (non-hydrogen) atoms. The summed E-state index contributed by atoms with van der Waals surface area (Å²) >= 11 is 9.53. The fourth-order valence-corrected chi connectivity index (χ4v) is 2.64. The number of carbonyl (C=O) groups excluding carboxylic acids is 3. The van der Waals surface area contributed by atoms with Crippen LogP contribution in [0.15, 0.2) is 12.1 Å². The second-order valence-electron chi connectivity index (χ2n) is 9.04. The smallest absolute Gasteiger partial charge is 0.849 e. The van der Waals surface area contributed by atoms with Gasteiger partial charge in [-0.25, -0.2) is 9.36 Å². The molecule has 0 radical (unpaired) electrons. The molecule has 0 aromatic carbocycles. The maximum absolute atomic E-state index is 13.1. The molecule has 2 rings (SSSR count). The van der Waals surface area contributed by atoms with Crippen molar-refractivity contribution in [1.82, 2.24) is 19.6 Å². The average molecular weight is 742 g/mol. The molecule has 17 heteroatoms. The van der Waals surface area contributed by atoms with Crippen molar-refractivity contribution >= 4 is 47.1 Å². The Morgan fingerprint density at radius 1 is 0.786 bits per heavy atom. The number of aromatic nitrogens is 4. The van der Waals surface area contributed by atoms with Gasteiger partial charge in [-0.1, -0.05) is 26.9 Å². The molecule has 232 valence electrons. The molecular formula is C25H40Cl2N4O9Zn2. The minimum absolute atomic E-state index is 0. The van der Waals surface area contributed by atoms with E-state index in [0.717, 1.165) is 50.5 Å². The minimum atomic E-state index is -1.08. The van der Waals surface area contributed by atoms with Crippen molar-refractivity contribution < 1.29 is 83.7 Å². The summed E-state index contributed by atoms with van der Waals surface area (Å²) < 4.78 is 3.63. The van der Waals surface area contributed by atoms with E-state index in [0.29, 0.717) is 0 Å². The molecule has 0 unspecified atom stereocenters. The normalized spacial score (nSPS) is 9.79. The molecule has 0 bridgehead atoms. The molecule has 0 spiro atoms. The largest absolute Gasteiger partial charge is 2.00 e. The number of aryl methyl sites for hydroxylation is 4. The van der Waals surface area contributed by atoms with Crippen molar-refractivity contribution in [3.05, 3.63) is 34.9 Å². The number of hydrogen-bond acceptors (Lipinski definition) is 10. The van der Waals surface area contributed by atoms with Crippen LogP contribution in [0.4, 0.5) is 0 Å². The van der Waals surface area contributed by atoms with E-state index in [9.17, 15) is 5.11 Å². The third-order valence-electron chi connectivity index (χ3n) is 3.71. The standard InChI is InChI=1S/C16H25N4O.4C2H4O2.CH2Cl2.2Zn/c1-10-8-12(3)19(17-10)15(14(21)16(5,6)7)20-13(4)9-11(2)18-20;4*1-2(3)4;2-1-3;;/h8-9,14-15H,1-7H3;4*1H3,(H,3,4);1H2;;/q-1;;;;;;2*+2/p-3/t14-;;;;;;;/m1......./s1. The Balaban J connectivity index is -0.000000127. The van der Waals surface area contributed by atoms with Gasteiger partial charge in [-0.05, 0) is 66.0 Å². The second-order valence-corrected chi connectivity index (χ2v) is 9.85. The van der Waals surface area contributed by atoms with Crippen LogP contribution in [-0.2, 0) is 58.1 Å². The summed E-state index contributed by atoms with van der Waals surface area (Å²) in [5.41, 5.74) is 3.41. The second kappa shape index (κ2) is 27.9. The zero-order chi connectivity index (χ0) is 33.0. The first-order valence-corrected chi connectivity index (χ1v) is 12.6. The number of alkyl halides is 2. The van der Waals surface area contributed by atoms with Gasteiger partial charge in [0.1, 0.15) is 6.17 Å². The summed E-state index contributed by atoms with van der Waals surface area (Å²) in [6.07, 6.45) is -1.30. The van der Waals surface area contributed by atoms with Gasteiger partial charge in [0.2, 0.25) is 0 Å². The van der Waals surface area contributed by atoms with Crippen LogP contribution >= 0.6 is 23.2 Å². The topological polar surface area (TPSA) is 216 Å². The Kier molecular flexibility index (Phi) is 35.0. The van der Waals surface area contributed by atoms with Gasteiger partial charge in [-0.3, -0.25) is 4.79 Å². The van der Waals surface area contributed by atoms with Crippen LogP contribution in [0.2, 0.25) is 0 Å². The van der Waals surface area contributed by atoms with Crippen molar-refractivity contribution in [3.63, 3.8) is 0 Å².